The van der Waals surface area contributed by atoms with E-state index in [2.05, 4.69) is 45.5 Å². The topological polar surface area (TPSA) is 140 Å². The van der Waals surface area contributed by atoms with E-state index in [1.165, 1.54) is 0 Å². The molecular formula is C22H40N8O3. The number of aliphatic imine (C=N–C) groups is 1. The number of rotatable bonds is 12. The average molecular weight is 465 g/mol. The third-order valence-electron chi connectivity index (χ3n) is 5.24. The summed E-state index contributed by atoms with van der Waals surface area (Å²) in [5, 5.41) is 3.15. The summed E-state index contributed by atoms with van der Waals surface area (Å²) in [6.45, 7) is 10.6. The second kappa shape index (κ2) is 13.3. The number of hydrogen-bond acceptors (Lipinski definition) is 9. The first kappa shape index (κ1) is 26.8. The molecule has 1 fully saturated rings. The molecule has 186 valence electrons. The number of ether oxygens (including phenoxy) is 2. The van der Waals surface area contributed by atoms with Gasteiger partial charge in [0, 0.05) is 25.2 Å². The van der Waals surface area contributed by atoms with Crippen LogP contribution in [0.1, 0.15) is 64.6 Å². The van der Waals surface area contributed by atoms with Crippen molar-refractivity contribution >= 4 is 11.8 Å². The van der Waals surface area contributed by atoms with Gasteiger partial charge in [0.05, 0.1) is 24.4 Å². The number of nitrogens with two attached hydrogens (primary N) is 1. The molecule has 0 saturated carbocycles. The van der Waals surface area contributed by atoms with Crippen LogP contribution in [0.3, 0.4) is 0 Å². The van der Waals surface area contributed by atoms with Crippen LogP contribution in [-0.4, -0.2) is 53.7 Å². The molecular weight excluding hydrogens is 424 g/mol. The van der Waals surface area contributed by atoms with E-state index in [1.807, 2.05) is 31.4 Å². The number of nitrogens with zero attached hydrogens (tertiary/aromatic N) is 3. The third kappa shape index (κ3) is 8.11. The van der Waals surface area contributed by atoms with E-state index in [4.69, 9.17) is 15.2 Å². The van der Waals surface area contributed by atoms with Crippen LogP contribution >= 0.6 is 0 Å². The van der Waals surface area contributed by atoms with Crippen molar-refractivity contribution in [3.63, 3.8) is 0 Å². The van der Waals surface area contributed by atoms with E-state index in [1.54, 1.807) is 13.4 Å². The van der Waals surface area contributed by atoms with Crippen LogP contribution in [-0.2, 0) is 14.3 Å². The third-order valence-corrected chi connectivity index (χ3v) is 5.24. The molecule has 0 amide bonds. The SMILES string of the molecule is CCC/C=C(\N)NC(=NC)c1ncn(C2OC(CNNNCC(=O)OC(C)C)CC2C)c1C. The maximum atomic E-state index is 11.5. The summed E-state index contributed by atoms with van der Waals surface area (Å²) in [6, 6.07) is 0. The number of carbonyl (C=O) groups excluding carboxylic acids is 1. The maximum absolute atomic E-state index is 11.5. The molecule has 1 saturated heterocycles. The summed E-state index contributed by atoms with van der Waals surface area (Å²) >= 11 is 0. The zero-order chi connectivity index (χ0) is 24.4. The van der Waals surface area contributed by atoms with Crippen molar-refractivity contribution in [1.29, 1.82) is 0 Å². The van der Waals surface area contributed by atoms with Gasteiger partial charge in [0.2, 0.25) is 0 Å². The van der Waals surface area contributed by atoms with Gasteiger partial charge in [0.1, 0.15) is 18.5 Å². The van der Waals surface area contributed by atoms with Gasteiger partial charge in [-0.05, 0) is 39.7 Å². The fraction of sp³-hybridized carbons (Fsp3) is 0.682. The molecule has 0 aromatic carbocycles. The summed E-state index contributed by atoms with van der Waals surface area (Å²) in [5.74, 6) is 1.19. The zero-order valence-corrected chi connectivity index (χ0v) is 20.6. The first-order valence-corrected chi connectivity index (χ1v) is 11.6. The molecule has 1 aliphatic heterocycles. The molecule has 1 aliphatic rings. The van der Waals surface area contributed by atoms with E-state index in [9.17, 15) is 4.79 Å². The second-order valence-corrected chi connectivity index (χ2v) is 8.49. The number of imidazole rings is 1. The van der Waals surface area contributed by atoms with Crippen LogP contribution in [0.15, 0.2) is 23.2 Å². The van der Waals surface area contributed by atoms with Gasteiger partial charge < -0.3 is 25.1 Å². The van der Waals surface area contributed by atoms with Crippen molar-refractivity contribution < 1.29 is 14.3 Å². The predicted octanol–water partition coefficient (Wildman–Crippen LogP) is 1.23. The summed E-state index contributed by atoms with van der Waals surface area (Å²) in [6.07, 6.45) is 6.32. The number of aromatic nitrogens is 2. The molecule has 33 heavy (non-hydrogen) atoms. The Hall–Kier alpha value is -2.47. The molecule has 2 heterocycles. The minimum Gasteiger partial charge on any atom is -0.462 e. The highest BCUT2D eigenvalue weighted by Gasteiger charge is 2.34. The average Bonchev–Trinajstić information content (AvgIpc) is 3.31. The normalized spacial score (nSPS) is 21.6. The highest BCUT2D eigenvalue weighted by molar-refractivity contribution is 5.98. The first-order valence-electron chi connectivity index (χ1n) is 11.6. The Morgan fingerprint density at radius 2 is 2.21 bits per heavy atom. The lowest BCUT2D eigenvalue weighted by Gasteiger charge is -2.19. The van der Waals surface area contributed by atoms with Crippen molar-refractivity contribution in [1.82, 2.24) is 31.3 Å². The number of allylic oxidation sites excluding steroid dienone is 1. The van der Waals surface area contributed by atoms with Gasteiger partial charge in [-0.1, -0.05) is 20.3 Å². The minimum absolute atomic E-state index is 0.0113. The maximum Gasteiger partial charge on any atom is 0.321 e. The number of carbonyl (C=O) groups is 1. The molecule has 6 N–H and O–H groups in total. The fourth-order valence-corrected chi connectivity index (χ4v) is 3.66. The Kier molecular flexibility index (Phi) is 10.8. The number of unbranched alkanes of at least 4 members (excludes halogenated alkanes) is 1. The van der Waals surface area contributed by atoms with Crippen molar-refractivity contribution in [3.8, 4) is 0 Å². The lowest BCUT2D eigenvalue weighted by molar-refractivity contribution is -0.146. The van der Waals surface area contributed by atoms with Gasteiger partial charge in [-0.2, -0.15) is 5.53 Å². The number of hydrazine groups is 2. The molecule has 3 unspecified atom stereocenters. The highest BCUT2D eigenvalue weighted by Crippen LogP contribution is 2.35. The Morgan fingerprint density at radius 3 is 2.88 bits per heavy atom. The highest BCUT2D eigenvalue weighted by atomic mass is 16.5. The summed E-state index contributed by atoms with van der Waals surface area (Å²) in [7, 11) is 1.72. The van der Waals surface area contributed by atoms with Crippen LogP contribution in [0.25, 0.3) is 0 Å². The van der Waals surface area contributed by atoms with Crippen LogP contribution in [0.2, 0.25) is 0 Å². The Labute approximate surface area is 196 Å². The smallest absolute Gasteiger partial charge is 0.321 e. The van der Waals surface area contributed by atoms with Crippen LogP contribution in [0.4, 0.5) is 0 Å². The molecule has 2 rings (SSSR count). The van der Waals surface area contributed by atoms with E-state index in [0.717, 1.165) is 30.7 Å². The summed E-state index contributed by atoms with van der Waals surface area (Å²) in [5.41, 5.74) is 16.4. The van der Waals surface area contributed by atoms with Gasteiger partial charge in [-0.15, -0.1) is 0 Å². The zero-order valence-electron chi connectivity index (χ0n) is 20.6. The number of amidine groups is 1. The van der Waals surface area contributed by atoms with Gasteiger partial charge in [0.15, 0.2) is 5.84 Å². The van der Waals surface area contributed by atoms with Crippen LogP contribution in [0, 0.1) is 12.8 Å². The van der Waals surface area contributed by atoms with E-state index in [-0.39, 0.29) is 30.9 Å². The Morgan fingerprint density at radius 1 is 1.45 bits per heavy atom. The largest absolute Gasteiger partial charge is 0.462 e. The van der Waals surface area contributed by atoms with Crippen LogP contribution in [0.5, 0.6) is 0 Å². The standard InChI is InChI=1S/C22H40N8O3/c1-7-8-9-18(23)28-21(24-6)20-16(5)30(13-25-20)22-15(4)10-17(33-22)11-26-29-27-12-19(31)32-14(2)3/h9,13-15,17,22,26-27,29H,7-8,10-12,23H2,1-6H3,(H,24,28)/b18-9+. The monoisotopic (exact) mass is 464 g/mol. The lowest BCUT2D eigenvalue weighted by Crippen LogP contribution is -2.48. The van der Waals surface area contributed by atoms with Gasteiger partial charge in [-0.25, -0.2) is 15.8 Å². The molecule has 0 radical (unpaired) electrons. The van der Waals surface area contributed by atoms with Crippen molar-refractivity contribution in [2.45, 2.75) is 72.3 Å². The quantitative estimate of drug-likeness (QED) is 0.102. The van der Waals surface area contributed by atoms with Crippen molar-refractivity contribution in [2.24, 2.45) is 16.6 Å². The van der Waals surface area contributed by atoms with Gasteiger partial charge in [-0.3, -0.25) is 9.79 Å². The number of esters is 1. The molecule has 0 aliphatic carbocycles. The van der Waals surface area contributed by atoms with Crippen LogP contribution < -0.4 is 27.4 Å². The van der Waals surface area contributed by atoms with Gasteiger partial charge in [0.25, 0.3) is 0 Å². The van der Waals surface area contributed by atoms with E-state index < -0.39 is 0 Å². The minimum atomic E-state index is -0.316. The van der Waals surface area contributed by atoms with Gasteiger partial charge >= 0.3 is 5.97 Å². The molecule has 3 atom stereocenters. The molecule has 1 aromatic rings. The molecule has 11 nitrogen and oxygen atoms in total. The number of nitrogens with one attached hydrogen (secondary N) is 4. The second-order valence-electron chi connectivity index (χ2n) is 8.49. The first-order chi connectivity index (χ1) is 15.8. The van der Waals surface area contributed by atoms with Crippen molar-refractivity contribution in [3.05, 3.63) is 29.6 Å². The summed E-state index contributed by atoms with van der Waals surface area (Å²) in [4.78, 5) is 20.4. The Bertz CT molecular complexity index is 821. The lowest BCUT2D eigenvalue weighted by atomic mass is 10.1. The fourth-order valence-electron chi connectivity index (χ4n) is 3.66. The molecule has 0 spiro atoms. The molecule has 1 aromatic heterocycles. The van der Waals surface area contributed by atoms with E-state index in [0.29, 0.717) is 24.1 Å². The molecule has 0 bridgehead atoms. The Balaban J connectivity index is 1.89. The predicted molar refractivity (Wildman–Crippen MR) is 128 cm³/mol. The summed E-state index contributed by atoms with van der Waals surface area (Å²) < 4.78 is 13.4. The number of hydrogen-bond donors (Lipinski definition) is 5. The van der Waals surface area contributed by atoms with E-state index >= 15 is 0 Å². The van der Waals surface area contributed by atoms with Crippen molar-refractivity contribution in [2.75, 3.05) is 20.1 Å². The molecule has 11 heteroatoms.